The molecular formula is C12H8BrFN2O. The highest BCUT2D eigenvalue weighted by atomic mass is 79.9. The normalized spacial score (nSPS) is 9.94. The molecule has 0 fully saturated rings. The number of nitriles is 1. The Bertz CT molecular complexity index is 574. The third kappa shape index (κ3) is 2.48. The Morgan fingerprint density at radius 3 is 2.88 bits per heavy atom. The molecule has 0 aliphatic heterocycles. The lowest BCUT2D eigenvalue weighted by molar-refractivity contribution is 0.516. The van der Waals surface area contributed by atoms with Crippen LogP contribution in [-0.2, 0) is 6.54 Å². The molecule has 17 heavy (non-hydrogen) atoms. The maximum Gasteiger partial charge on any atom is 0.143 e. The van der Waals surface area contributed by atoms with Crippen LogP contribution in [0.2, 0.25) is 0 Å². The first kappa shape index (κ1) is 11.7. The second-order valence-corrected chi connectivity index (χ2v) is 4.17. The lowest BCUT2D eigenvalue weighted by atomic mass is 10.2. The number of benzene rings is 1. The molecular weight excluding hydrogens is 287 g/mol. The van der Waals surface area contributed by atoms with Crippen LogP contribution in [0.5, 0.6) is 0 Å². The van der Waals surface area contributed by atoms with Crippen LogP contribution in [-0.4, -0.2) is 0 Å². The van der Waals surface area contributed by atoms with Crippen molar-refractivity contribution in [1.82, 2.24) is 0 Å². The molecule has 0 radical (unpaired) electrons. The maximum absolute atomic E-state index is 13.3. The molecule has 1 N–H and O–H groups in total. The number of nitrogens with one attached hydrogen (secondary N) is 1. The van der Waals surface area contributed by atoms with Gasteiger partial charge in [-0.15, -0.1) is 0 Å². The Balaban J connectivity index is 2.18. The summed E-state index contributed by atoms with van der Waals surface area (Å²) in [4.78, 5) is 0. The van der Waals surface area contributed by atoms with E-state index in [-0.39, 0.29) is 5.56 Å². The molecule has 0 unspecified atom stereocenters. The molecule has 0 aliphatic rings. The van der Waals surface area contributed by atoms with Crippen LogP contribution in [0.3, 0.4) is 0 Å². The SMILES string of the molecule is N#Cc1c(F)cccc1NCc1occc1Br. The second kappa shape index (κ2) is 5.02. The van der Waals surface area contributed by atoms with Gasteiger partial charge in [-0.3, -0.25) is 0 Å². The van der Waals surface area contributed by atoms with E-state index in [0.29, 0.717) is 18.0 Å². The molecule has 0 atom stereocenters. The number of furan rings is 1. The van der Waals surface area contributed by atoms with Crippen molar-refractivity contribution in [3.05, 3.63) is 52.1 Å². The highest BCUT2D eigenvalue weighted by Gasteiger charge is 2.09. The van der Waals surface area contributed by atoms with E-state index >= 15 is 0 Å². The average molecular weight is 295 g/mol. The molecule has 5 heteroatoms. The zero-order valence-electron chi connectivity index (χ0n) is 8.71. The van der Waals surface area contributed by atoms with Gasteiger partial charge >= 0.3 is 0 Å². The van der Waals surface area contributed by atoms with E-state index in [1.54, 1.807) is 24.5 Å². The zero-order chi connectivity index (χ0) is 12.3. The summed E-state index contributed by atoms with van der Waals surface area (Å²) in [5.41, 5.74) is 0.464. The standard InChI is InChI=1S/C12H8BrFN2O/c13-9-4-5-17-12(9)7-16-11-3-1-2-10(14)8(11)6-15/h1-5,16H,7H2. The van der Waals surface area contributed by atoms with E-state index in [0.717, 1.165) is 4.47 Å². The molecule has 0 amide bonds. The fourth-order valence-corrected chi connectivity index (χ4v) is 1.75. The quantitative estimate of drug-likeness (QED) is 0.940. The molecule has 3 nitrogen and oxygen atoms in total. The van der Waals surface area contributed by atoms with Gasteiger partial charge in [-0.05, 0) is 34.1 Å². The van der Waals surface area contributed by atoms with Crippen molar-refractivity contribution < 1.29 is 8.81 Å². The van der Waals surface area contributed by atoms with Gasteiger partial charge in [0.1, 0.15) is 23.2 Å². The Morgan fingerprint density at radius 1 is 1.41 bits per heavy atom. The van der Waals surface area contributed by atoms with E-state index < -0.39 is 5.82 Å². The number of hydrogen-bond donors (Lipinski definition) is 1. The number of rotatable bonds is 3. The minimum atomic E-state index is -0.531. The van der Waals surface area contributed by atoms with Crippen molar-refractivity contribution in [1.29, 1.82) is 5.26 Å². The number of anilines is 1. The van der Waals surface area contributed by atoms with Gasteiger partial charge in [-0.25, -0.2) is 4.39 Å². The fraction of sp³-hybridized carbons (Fsp3) is 0.0833. The number of nitrogens with zero attached hydrogens (tertiary/aromatic N) is 1. The molecule has 0 bridgehead atoms. The van der Waals surface area contributed by atoms with Gasteiger partial charge in [0.2, 0.25) is 0 Å². The fourth-order valence-electron chi connectivity index (χ4n) is 1.41. The molecule has 2 rings (SSSR count). The number of halogens is 2. The van der Waals surface area contributed by atoms with Crippen LogP contribution >= 0.6 is 15.9 Å². The zero-order valence-corrected chi connectivity index (χ0v) is 10.3. The van der Waals surface area contributed by atoms with Gasteiger partial charge in [0.05, 0.1) is 23.0 Å². The molecule has 0 aliphatic carbocycles. The van der Waals surface area contributed by atoms with Gasteiger partial charge in [0, 0.05) is 0 Å². The van der Waals surface area contributed by atoms with Crippen LogP contribution in [0.25, 0.3) is 0 Å². The largest absolute Gasteiger partial charge is 0.466 e. The lowest BCUT2D eigenvalue weighted by Gasteiger charge is -2.07. The summed E-state index contributed by atoms with van der Waals surface area (Å²) in [5, 5.41) is 11.8. The minimum absolute atomic E-state index is 0.00942. The third-order valence-electron chi connectivity index (χ3n) is 2.26. The predicted octanol–water partition coefficient (Wildman–Crippen LogP) is 3.66. The summed E-state index contributed by atoms with van der Waals surface area (Å²) in [5.74, 6) is 0.161. The highest BCUT2D eigenvalue weighted by Crippen LogP contribution is 2.21. The molecule has 0 spiro atoms. The molecule has 86 valence electrons. The maximum atomic E-state index is 13.3. The summed E-state index contributed by atoms with van der Waals surface area (Å²) < 4.78 is 19.3. The molecule has 0 saturated heterocycles. The topological polar surface area (TPSA) is 49.0 Å². The van der Waals surface area contributed by atoms with Crippen molar-refractivity contribution >= 4 is 21.6 Å². The van der Waals surface area contributed by atoms with E-state index in [4.69, 9.17) is 9.68 Å². The van der Waals surface area contributed by atoms with Crippen LogP contribution < -0.4 is 5.32 Å². The van der Waals surface area contributed by atoms with Crippen molar-refractivity contribution in [3.8, 4) is 6.07 Å². The predicted molar refractivity (Wildman–Crippen MR) is 64.8 cm³/mol. The van der Waals surface area contributed by atoms with Gasteiger partial charge in [-0.2, -0.15) is 5.26 Å². The Kier molecular flexibility index (Phi) is 3.45. The monoisotopic (exact) mass is 294 g/mol. The summed E-state index contributed by atoms with van der Waals surface area (Å²) in [6, 6.07) is 8.06. The molecule has 1 heterocycles. The van der Waals surface area contributed by atoms with Crippen LogP contribution in [0.1, 0.15) is 11.3 Å². The van der Waals surface area contributed by atoms with E-state index in [1.807, 2.05) is 6.07 Å². The number of hydrogen-bond acceptors (Lipinski definition) is 3. The van der Waals surface area contributed by atoms with Crippen molar-refractivity contribution in [3.63, 3.8) is 0 Å². The summed E-state index contributed by atoms with van der Waals surface area (Å²) >= 11 is 3.32. The van der Waals surface area contributed by atoms with E-state index in [2.05, 4.69) is 21.2 Å². The van der Waals surface area contributed by atoms with Crippen molar-refractivity contribution in [2.24, 2.45) is 0 Å². The van der Waals surface area contributed by atoms with E-state index in [9.17, 15) is 4.39 Å². The van der Waals surface area contributed by atoms with Crippen molar-refractivity contribution in [2.75, 3.05) is 5.32 Å². The van der Waals surface area contributed by atoms with Gasteiger partial charge in [-0.1, -0.05) is 6.07 Å². The first-order chi connectivity index (χ1) is 8.22. The summed E-state index contributed by atoms with van der Waals surface area (Å²) in [6.45, 7) is 0.381. The minimum Gasteiger partial charge on any atom is -0.466 e. The first-order valence-corrected chi connectivity index (χ1v) is 5.66. The van der Waals surface area contributed by atoms with Gasteiger partial charge in [0.15, 0.2) is 0 Å². The summed E-state index contributed by atoms with van der Waals surface area (Å²) in [7, 11) is 0. The van der Waals surface area contributed by atoms with Crippen LogP contribution in [0.4, 0.5) is 10.1 Å². The second-order valence-electron chi connectivity index (χ2n) is 3.32. The Morgan fingerprint density at radius 2 is 2.24 bits per heavy atom. The lowest BCUT2D eigenvalue weighted by Crippen LogP contribution is -2.02. The highest BCUT2D eigenvalue weighted by molar-refractivity contribution is 9.10. The Labute approximate surface area is 106 Å². The Hall–Kier alpha value is -1.80. The molecule has 2 aromatic rings. The van der Waals surface area contributed by atoms with Crippen LogP contribution in [0.15, 0.2) is 39.4 Å². The molecule has 1 aromatic carbocycles. The van der Waals surface area contributed by atoms with Gasteiger partial charge in [0.25, 0.3) is 0 Å². The van der Waals surface area contributed by atoms with E-state index in [1.165, 1.54) is 6.07 Å². The molecule has 0 saturated carbocycles. The third-order valence-corrected chi connectivity index (χ3v) is 2.96. The smallest absolute Gasteiger partial charge is 0.143 e. The summed E-state index contributed by atoms with van der Waals surface area (Å²) in [6.07, 6.45) is 1.55. The van der Waals surface area contributed by atoms with Gasteiger partial charge < -0.3 is 9.73 Å². The average Bonchev–Trinajstić information content (AvgIpc) is 2.72. The van der Waals surface area contributed by atoms with Crippen LogP contribution in [0, 0.1) is 17.1 Å². The first-order valence-electron chi connectivity index (χ1n) is 4.86. The van der Waals surface area contributed by atoms with Crippen molar-refractivity contribution in [2.45, 2.75) is 6.54 Å². The molecule has 1 aromatic heterocycles.